The molecule has 2 aliphatic rings. The first-order chi connectivity index (χ1) is 10.7. The standard InChI is InChI=1S/C18H27ClN2O.2ClH/c19-16-6-4-5-15(13-16)17(14-21-11-9-20-10-12-21)18(22)7-2-1-3-8-18;;/h4-6,13,17,20,22H,1-3,7-12,14H2;2*1H/t17-;;/m1../s1. The summed E-state index contributed by atoms with van der Waals surface area (Å²) in [4.78, 5) is 2.48. The molecule has 3 rings (SSSR count). The Morgan fingerprint density at radius 2 is 1.79 bits per heavy atom. The molecule has 1 aliphatic heterocycles. The summed E-state index contributed by atoms with van der Waals surface area (Å²) in [7, 11) is 0. The molecular weight excluding hydrogens is 367 g/mol. The summed E-state index contributed by atoms with van der Waals surface area (Å²) in [5.74, 6) is 0.157. The molecule has 138 valence electrons. The molecule has 0 bridgehead atoms. The second kappa shape index (κ2) is 10.2. The summed E-state index contributed by atoms with van der Waals surface area (Å²) in [5, 5.41) is 15.5. The number of nitrogens with zero attached hydrogens (tertiary/aromatic N) is 1. The molecule has 1 aromatic carbocycles. The maximum Gasteiger partial charge on any atom is 0.0728 e. The van der Waals surface area contributed by atoms with Crippen molar-refractivity contribution in [3.8, 4) is 0 Å². The summed E-state index contributed by atoms with van der Waals surface area (Å²) in [6, 6.07) is 8.10. The molecule has 1 atom stereocenters. The van der Waals surface area contributed by atoms with Gasteiger partial charge in [-0.25, -0.2) is 0 Å². The second-order valence-electron chi connectivity index (χ2n) is 6.82. The number of aliphatic hydroxyl groups is 1. The van der Waals surface area contributed by atoms with Gasteiger partial charge in [0.15, 0.2) is 0 Å². The molecule has 6 heteroatoms. The van der Waals surface area contributed by atoms with E-state index < -0.39 is 5.60 Å². The normalized spacial score (nSPS) is 22.1. The van der Waals surface area contributed by atoms with E-state index in [0.717, 1.165) is 63.4 Å². The lowest BCUT2D eigenvalue weighted by molar-refractivity contribution is -0.0316. The molecule has 0 aromatic heterocycles. The Balaban J connectivity index is 0.00000144. The van der Waals surface area contributed by atoms with E-state index >= 15 is 0 Å². The summed E-state index contributed by atoms with van der Waals surface area (Å²) >= 11 is 6.21. The molecule has 2 fully saturated rings. The molecule has 3 nitrogen and oxygen atoms in total. The Morgan fingerprint density at radius 1 is 1.12 bits per heavy atom. The van der Waals surface area contributed by atoms with Gasteiger partial charge in [-0.15, -0.1) is 24.8 Å². The van der Waals surface area contributed by atoms with E-state index in [1.54, 1.807) is 0 Å². The number of piperazine rings is 1. The number of rotatable bonds is 4. The first kappa shape index (κ1) is 22.0. The van der Waals surface area contributed by atoms with Gasteiger partial charge in [-0.2, -0.15) is 0 Å². The van der Waals surface area contributed by atoms with Crippen LogP contribution in [-0.2, 0) is 0 Å². The van der Waals surface area contributed by atoms with Crippen LogP contribution in [0.4, 0.5) is 0 Å². The summed E-state index contributed by atoms with van der Waals surface area (Å²) in [6.07, 6.45) is 5.34. The van der Waals surface area contributed by atoms with Crippen molar-refractivity contribution in [2.24, 2.45) is 0 Å². The van der Waals surface area contributed by atoms with E-state index in [0.29, 0.717) is 0 Å². The maximum absolute atomic E-state index is 11.3. The highest BCUT2D eigenvalue weighted by Gasteiger charge is 2.39. The Bertz CT molecular complexity index is 489. The first-order valence-corrected chi connectivity index (χ1v) is 8.96. The highest BCUT2D eigenvalue weighted by Crippen LogP contribution is 2.41. The van der Waals surface area contributed by atoms with Crippen molar-refractivity contribution < 1.29 is 5.11 Å². The molecule has 0 unspecified atom stereocenters. The molecule has 2 N–H and O–H groups in total. The fourth-order valence-electron chi connectivity index (χ4n) is 3.97. The van der Waals surface area contributed by atoms with E-state index in [9.17, 15) is 5.11 Å². The highest BCUT2D eigenvalue weighted by molar-refractivity contribution is 6.30. The molecule has 1 heterocycles. The van der Waals surface area contributed by atoms with E-state index in [1.807, 2.05) is 18.2 Å². The van der Waals surface area contributed by atoms with Crippen molar-refractivity contribution in [3.05, 3.63) is 34.9 Å². The van der Waals surface area contributed by atoms with Gasteiger partial charge in [-0.3, -0.25) is 0 Å². The van der Waals surface area contributed by atoms with Gasteiger partial charge in [0, 0.05) is 43.7 Å². The molecule has 1 saturated carbocycles. The lowest BCUT2D eigenvalue weighted by atomic mass is 9.72. The van der Waals surface area contributed by atoms with Gasteiger partial charge in [-0.1, -0.05) is 43.0 Å². The number of hydrogen-bond acceptors (Lipinski definition) is 3. The Labute approximate surface area is 163 Å². The van der Waals surface area contributed by atoms with Gasteiger partial charge in [0.05, 0.1) is 5.60 Å². The molecule has 0 radical (unpaired) electrons. The van der Waals surface area contributed by atoms with Crippen LogP contribution in [0.3, 0.4) is 0 Å². The van der Waals surface area contributed by atoms with Gasteiger partial charge in [-0.05, 0) is 30.5 Å². The average Bonchev–Trinajstić information content (AvgIpc) is 2.54. The first-order valence-electron chi connectivity index (χ1n) is 8.58. The molecule has 0 spiro atoms. The molecule has 1 aromatic rings. The summed E-state index contributed by atoms with van der Waals surface area (Å²) < 4.78 is 0. The van der Waals surface area contributed by atoms with Crippen LogP contribution in [0.5, 0.6) is 0 Å². The van der Waals surface area contributed by atoms with Crippen LogP contribution in [-0.4, -0.2) is 48.3 Å². The van der Waals surface area contributed by atoms with Crippen LogP contribution < -0.4 is 5.32 Å². The average molecular weight is 396 g/mol. The Kier molecular flexibility index (Phi) is 9.35. The third-order valence-electron chi connectivity index (χ3n) is 5.27. The fraction of sp³-hybridized carbons (Fsp3) is 0.667. The van der Waals surface area contributed by atoms with E-state index in [2.05, 4.69) is 16.3 Å². The van der Waals surface area contributed by atoms with Crippen molar-refractivity contribution in [1.29, 1.82) is 0 Å². The summed E-state index contributed by atoms with van der Waals surface area (Å²) in [5.41, 5.74) is 0.615. The molecule has 0 amide bonds. The quantitative estimate of drug-likeness (QED) is 0.812. The predicted octanol–water partition coefficient (Wildman–Crippen LogP) is 3.87. The Morgan fingerprint density at radius 3 is 2.42 bits per heavy atom. The minimum atomic E-state index is -0.576. The number of halogens is 3. The van der Waals surface area contributed by atoms with E-state index in [-0.39, 0.29) is 30.7 Å². The van der Waals surface area contributed by atoms with Crippen molar-refractivity contribution in [3.63, 3.8) is 0 Å². The maximum atomic E-state index is 11.3. The minimum Gasteiger partial charge on any atom is -0.389 e. The predicted molar refractivity (Wildman–Crippen MR) is 106 cm³/mol. The zero-order valence-electron chi connectivity index (χ0n) is 14.0. The highest BCUT2D eigenvalue weighted by atomic mass is 35.5. The lowest BCUT2D eigenvalue weighted by Crippen LogP contribution is -2.49. The monoisotopic (exact) mass is 394 g/mol. The van der Waals surface area contributed by atoms with Gasteiger partial charge < -0.3 is 15.3 Å². The molecule has 1 aliphatic carbocycles. The van der Waals surface area contributed by atoms with Crippen molar-refractivity contribution in [1.82, 2.24) is 10.2 Å². The van der Waals surface area contributed by atoms with Crippen LogP contribution in [0.15, 0.2) is 24.3 Å². The molecule has 24 heavy (non-hydrogen) atoms. The largest absolute Gasteiger partial charge is 0.389 e. The van der Waals surface area contributed by atoms with E-state index in [4.69, 9.17) is 11.6 Å². The summed E-state index contributed by atoms with van der Waals surface area (Å²) in [6.45, 7) is 5.14. The molecular formula is C18H29Cl3N2O. The number of hydrogen-bond donors (Lipinski definition) is 2. The van der Waals surface area contributed by atoms with Gasteiger partial charge in [0.25, 0.3) is 0 Å². The molecule has 1 saturated heterocycles. The van der Waals surface area contributed by atoms with Crippen LogP contribution >= 0.6 is 36.4 Å². The van der Waals surface area contributed by atoms with Crippen LogP contribution in [0.1, 0.15) is 43.6 Å². The van der Waals surface area contributed by atoms with E-state index in [1.165, 1.54) is 12.0 Å². The van der Waals surface area contributed by atoms with Crippen molar-refractivity contribution in [2.45, 2.75) is 43.6 Å². The SMILES string of the molecule is Cl.Cl.OC1([C@H](CN2CCNCC2)c2cccc(Cl)c2)CCCCC1. The van der Waals surface area contributed by atoms with Gasteiger partial charge >= 0.3 is 0 Å². The third-order valence-corrected chi connectivity index (χ3v) is 5.50. The zero-order valence-corrected chi connectivity index (χ0v) is 16.4. The Hall–Kier alpha value is -0.0300. The smallest absolute Gasteiger partial charge is 0.0728 e. The van der Waals surface area contributed by atoms with Crippen molar-refractivity contribution in [2.75, 3.05) is 32.7 Å². The number of nitrogens with one attached hydrogen (secondary N) is 1. The van der Waals surface area contributed by atoms with Crippen LogP contribution in [0.2, 0.25) is 5.02 Å². The van der Waals surface area contributed by atoms with Gasteiger partial charge in [0.1, 0.15) is 0 Å². The zero-order chi connectivity index (χ0) is 15.4. The number of benzene rings is 1. The van der Waals surface area contributed by atoms with Crippen LogP contribution in [0, 0.1) is 0 Å². The third kappa shape index (κ3) is 5.48. The topological polar surface area (TPSA) is 35.5 Å². The minimum absolute atomic E-state index is 0. The lowest BCUT2D eigenvalue weighted by Gasteiger charge is -2.42. The second-order valence-corrected chi connectivity index (χ2v) is 7.26. The fourth-order valence-corrected chi connectivity index (χ4v) is 4.17. The van der Waals surface area contributed by atoms with Gasteiger partial charge in [0.2, 0.25) is 0 Å². The van der Waals surface area contributed by atoms with Crippen molar-refractivity contribution >= 4 is 36.4 Å². The van der Waals surface area contributed by atoms with Crippen LogP contribution in [0.25, 0.3) is 0 Å².